The van der Waals surface area contributed by atoms with E-state index in [9.17, 15) is 4.79 Å². The summed E-state index contributed by atoms with van der Waals surface area (Å²) in [6.45, 7) is 3.76. The van der Waals surface area contributed by atoms with E-state index in [2.05, 4.69) is 34.6 Å². The van der Waals surface area contributed by atoms with Crippen molar-refractivity contribution in [2.45, 2.75) is 12.8 Å². The second-order valence-electron chi connectivity index (χ2n) is 4.75. The lowest BCUT2D eigenvalue weighted by Crippen LogP contribution is -2.28. The number of nitrogens with zero attached hydrogens (tertiary/aromatic N) is 2. The Balaban J connectivity index is 0. The van der Waals surface area contributed by atoms with Crippen LogP contribution in [0.5, 0.6) is 0 Å². The third-order valence-corrected chi connectivity index (χ3v) is 2.72. The predicted molar refractivity (Wildman–Crippen MR) is 91.7 cm³/mol. The van der Waals surface area contributed by atoms with E-state index in [0.29, 0.717) is 12.1 Å². The van der Waals surface area contributed by atoms with Gasteiger partial charge >= 0.3 is 0 Å². The Morgan fingerprint density at radius 3 is 2.33 bits per heavy atom. The van der Waals surface area contributed by atoms with Crippen molar-refractivity contribution in [2.75, 3.05) is 40.3 Å². The third kappa shape index (κ3) is 11.5. The average molecular weight is 337 g/mol. The quantitative estimate of drug-likeness (QED) is 0.672. The van der Waals surface area contributed by atoms with E-state index >= 15 is 0 Å². The highest BCUT2D eigenvalue weighted by Crippen LogP contribution is 1.95. The van der Waals surface area contributed by atoms with E-state index in [1.165, 1.54) is 0 Å². The molecule has 0 aliphatic carbocycles. The second-order valence-corrected chi connectivity index (χ2v) is 4.75. The standard InChI is InChI=1S/C14H24N4O.2ClH/c1-18(2)12-4-8-15-7-3-9-17-14(19)13-5-10-16-11-6-13;;/h5-6,10-11,15H,3-4,7-9,12H2,1-2H3,(H,17,19);2*1H. The lowest BCUT2D eigenvalue weighted by Gasteiger charge is -2.10. The molecule has 1 aromatic heterocycles. The van der Waals surface area contributed by atoms with Crippen molar-refractivity contribution in [3.8, 4) is 0 Å². The number of pyridine rings is 1. The molecule has 5 nitrogen and oxygen atoms in total. The number of hydrogen-bond donors (Lipinski definition) is 2. The topological polar surface area (TPSA) is 57.3 Å². The first-order valence-electron chi connectivity index (χ1n) is 6.74. The zero-order valence-corrected chi connectivity index (χ0v) is 14.3. The van der Waals surface area contributed by atoms with Crippen LogP contribution in [-0.4, -0.2) is 56.1 Å². The summed E-state index contributed by atoms with van der Waals surface area (Å²) in [5.74, 6) is -0.0324. The molecular weight excluding hydrogens is 311 g/mol. The molecule has 0 bridgehead atoms. The number of halogens is 2. The molecule has 1 rings (SSSR count). The Bertz CT molecular complexity index is 363. The van der Waals surface area contributed by atoms with Crippen LogP contribution in [-0.2, 0) is 0 Å². The summed E-state index contributed by atoms with van der Waals surface area (Å²) >= 11 is 0. The Kier molecular flexibility index (Phi) is 15.0. The number of carbonyl (C=O) groups excluding carboxylic acids is 1. The van der Waals surface area contributed by atoms with E-state index in [1.54, 1.807) is 24.5 Å². The first-order chi connectivity index (χ1) is 9.20. The Morgan fingerprint density at radius 2 is 1.71 bits per heavy atom. The summed E-state index contributed by atoms with van der Waals surface area (Å²) in [6, 6.07) is 3.43. The van der Waals surface area contributed by atoms with Gasteiger partial charge in [0.2, 0.25) is 0 Å². The van der Waals surface area contributed by atoms with Crippen molar-refractivity contribution in [2.24, 2.45) is 0 Å². The Morgan fingerprint density at radius 1 is 1.10 bits per heavy atom. The number of carbonyl (C=O) groups is 1. The van der Waals surface area contributed by atoms with E-state index in [0.717, 1.165) is 32.5 Å². The minimum atomic E-state index is -0.0324. The maximum atomic E-state index is 11.7. The summed E-state index contributed by atoms with van der Waals surface area (Å²) in [5.41, 5.74) is 0.661. The summed E-state index contributed by atoms with van der Waals surface area (Å²) in [5, 5.41) is 6.26. The van der Waals surface area contributed by atoms with Gasteiger partial charge in [-0.1, -0.05) is 0 Å². The lowest BCUT2D eigenvalue weighted by atomic mass is 10.2. The average Bonchev–Trinajstić information content (AvgIpc) is 2.42. The smallest absolute Gasteiger partial charge is 0.251 e. The van der Waals surface area contributed by atoms with Gasteiger partial charge in [-0.05, 0) is 58.7 Å². The van der Waals surface area contributed by atoms with Gasteiger partial charge in [-0.2, -0.15) is 0 Å². The molecule has 0 radical (unpaired) electrons. The molecule has 0 atom stereocenters. The van der Waals surface area contributed by atoms with Gasteiger partial charge in [0.05, 0.1) is 0 Å². The highest BCUT2D eigenvalue weighted by atomic mass is 35.5. The molecule has 21 heavy (non-hydrogen) atoms. The van der Waals surface area contributed by atoms with Gasteiger partial charge in [0.15, 0.2) is 0 Å². The molecule has 0 aliphatic rings. The fourth-order valence-corrected chi connectivity index (χ4v) is 1.67. The Labute approximate surface area is 139 Å². The van der Waals surface area contributed by atoms with Crippen LogP contribution in [0, 0.1) is 0 Å². The number of hydrogen-bond acceptors (Lipinski definition) is 4. The zero-order chi connectivity index (χ0) is 13.9. The van der Waals surface area contributed by atoms with E-state index < -0.39 is 0 Å². The number of rotatable bonds is 9. The van der Waals surface area contributed by atoms with Crippen LogP contribution in [0.25, 0.3) is 0 Å². The third-order valence-electron chi connectivity index (χ3n) is 2.72. The molecule has 0 unspecified atom stereocenters. The SMILES string of the molecule is CN(C)CCCNCCCNC(=O)c1ccncc1.Cl.Cl. The van der Waals surface area contributed by atoms with Crippen molar-refractivity contribution in [1.82, 2.24) is 20.5 Å². The molecule has 122 valence electrons. The van der Waals surface area contributed by atoms with Gasteiger partial charge in [-0.3, -0.25) is 9.78 Å². The van der Waals surface area contributed by atoms with Crippen LogP contribution >= 0.6 is 24.8 Å². The maximum Gasteiger partial charge on any atom is 0.251 e. The molecule has 1 heterocycles. The molecule has 1 aromatic rings. The highest BCUT2D eigenvalue weighted by molar-refractivity contribution is 5.93. The van der Waals surface area contributed by atoms with Crippen LogP contribution in [0.2, 0.25) is 0 Å². The minimum Gasteiger partial charge on any atom is -0.352 e. The molecule has 0 fully saturated rings. The summed E-state index contributed by atoms with van der Waals surface area (Å²) < 4.78 is 0. The fraction of sp³-hybridized carbons (Fsp3) is 0.571. The van der Waals surface area contributed by atoms with Crippen LogP contribution < -0.4 is 10.6 Å². The number of aromatic nitrogens is 1. The van der Waals surface area contributed by atoms with Crippen molar-refractivity contribution in [1.29, 1.82) is 0 Å². The molecule has 7 heteroatoms. The number of amides is 1. The minimum absolute atomic E-state index is 0. The highest BCUT2D eigenvalue weighted by Gasteiger charge is 2.02. The van der Waals surface area contributed by atoms with Crippen molar-refractivity contribution >= 4 is 30.7 Å². The lowest BCUT2D eigenvalue weighted by molar-refractivity contribution is 0.0953. The van der Waals surface area contributed by atoms with Gasteiger partial charge in [0.1, 0.15) is 0 Å². The van der Waals surface area contributed by atoms with E-state index in [-0.39, 0.29) is 30.7 Å². The molecule has 0 aliphatic heterocycles. The first-order valence-corrected chi connectivity index (χ1v) is 6.74. The van der Waals surface area contributed by atoms with Crippen LogP contribution in [0.1, 0.15) is 23.2 Å². The van der Waals surface area contributed by atoms with Crippen molar-refractivity contribution in [3.05, 3.63) is 30.1 Å². The van der Waals surface area contributed by atoms with Crippen LogP contribution in [0.3, 0.4) is 0 Å². The van der Waals surface area contributed by atoms with Crippen LogP contribution in [0.15, 0.2) is 24.5 Å². The van der Waals surface area contributed by atoms with Gasteiger partial charge in [-0.25, -0.2) is 0 Å². The number of nitrogens with one attached hydrogen (secondary N) is 2. The monoisotopic (exact) mass is 336 g/mol. The molecule has 0 aromatic carbocycles. The molecule has 0 spiro atoms. The predicted octanol–water partition coefficient (Wildman–Crippen LogP) is 1.59. The van der Waals surface area contributed by atoms with Crippen LogP contribution in [0.4, 0.5) is 0 Å². The van der Waals surface area contributed by atoms with Crippen molar-refractivity contribution in [3.63, 3.8) is 0 Å². The largest absolute Gasteiger partial charge is 0.352 e. The van der Waals surface area contributed by atoms with Gasteiger partial charge in [0, 0.05) is 24.5 Å². The van der Waals surface area contributed by atoms with Gasteiger partial charge in [0.25, 0.3) is 5.91 Å². The second kappa shape index (κ2) is 14.1. The summed E-state index contributed by atoms with van der Waals surface area (Å²) in [7, 11) is 4.16. The van der Waals surface area contributed by atoms with Gasteiger partial charge in [-0.15, -0.1) is 24.8 Å². The molecule has 0 saturated carbocycles. The Hall–Kier alpha value is -0.880. The molecular formula is C14H26Cl2N4O. The summed E-state index contributed by atoms with van der Waals surface area (Å²) in [4.78, 5) is 17.8. The first kappa shape index (κ1) is 22.4. The van der Waals surface area contributed by atoms with E-state index in [1.807, 2.05) is 0 Å². The normalized spacial score (nSPS) is 9.67. The molecule has 1 amide bonds. The maximum absolute atomic E-state index is 11.7. The molecule has 0 saturated heterocycles. The fourth-order valence-electron chi connectivity index (χ4n) is 1.67. The molecule has 2 N–H and O–H groups in total. The summed E-state index contributed by atoms with van der Waals surface area (Å²) in [6.07, 6.45) is 5.34. The van der Waals surface area contributed by atoms with Gasteiger partial charge < -0.3 is 15.5 Å². The zero-order valence-electron chi connectivity index (χ0n) is 12.7. The van der Waals surface area contributed by atoms with Crippen molar-refractivity contribution < 1.29 is 4.79 Å². The van der Waals surface area contributed by atoms with E-state index in [4.69, 9.17) is 0 Å².